The molecule has 0 saturated heterocycles. The molecule has 0 aliphatic heterocycles. The third kappa shape index (κ3) is 4.39. The van der Waals surface area contributed by atoms with Gasteiger partial charge in [0, 0.05) is 18.7 Å². The highest BCUT2D eigenvalue weighted by molar-refractivity contribution is 6.33. The van der Waals surface area contributed by atoms with E-state index in [1.165, 1.54) is 12.1 Å². The highest BCUT2D eigenvalue weighted by Gasteiger charge is 2.18. The maximum Gasteiger partial charge on any atom is 0.271 e. The summed E-state index contributed by atoms with van der Waals surface area (Å²) in [6.07, 6.45) is 0. The van der Waals surface area contributed by atoms with Crippen LogP contribution in [0, 0.1) is 27.9 Å². The van der Waals surface area contributed by atoms with Crippen LogP contribution in [0.1, 0.15) is 27.7 Å². The first kappa shape index (κ1) is 15.8. The van der Waals surface area contributed by atoms with Crippen molar-refractivity contribution in [3.63, 3.8) is 0 Å². The summed E-state index contributed by atoms with van der Waals surface area (Å²) in [6.45, 7) is 9.61. The van der Waals surface area contributed by atoms with Gasteiger partial charge in [0.15, 0.2) is 0 Å². The zero-order valence-electron chi connectivity index (χ0n) is 11.8. The van der Waals surface area contributed by atoms with E-state index < -0.39 is 4.92 Å². The molecule has 0 unspecified atom stereocenters. The molecule has 1 N–H and O–H groups in total. The van der Waals surface area contributed by atoms with E-state index in [1.54, 1.807) is 6.07 Å². The van der Waals surface area contributed by atoms with Crippen molar-refractivity contribution in [2.24, 2.45) is 17.8 Å². The standard InChI is InChI=1S/C14H21ClN2O2/c1-9(2)12(10(3)4)8-16-14-6-5-11(17(18)19)7-13(14)15/h5-7,9-10,12,16H,8H2,1-4H3. The minimum absolute atomic E-state index is 0.0137. The molecule has 4 nitrogen and oxygen atoms in total. The third-order valence-corrected chi connectivity index (χ3v) is 3.72. The van der Waals surface area contributed by atoms with Crippen molar-refractivity contribution in [2.75, 3.05) is 11.9 Å². The molecule has 0 radical (unpaired) electrons. The van der Waals surface area contributed by atoms with E-state index in [0.717, 1.165) is 12.2 Å². The zero-order chi connectivity index (χ0) is 14.6. The topological polar surface area (TPSA) is 55.2 Å². The van der Waals surface area contributed by atoms with Crippen LogP contribution in [-0.4, -0.2) is 11.5 Å². The summed E-state index contributed by atoms with van der Waals surface area (Å²) in [5.41, 5.74) is 0.762. The van der Waals surface area contributed by atoms with Crippen molar-refractivity contribution >= 4 is 23.0 Å². The molecule has 5 heteroatoms. The number of hydrogen-bond acceptors (Lipinski definition) is 3. The maximum atomic E-state index is 10.6. The highest BCUT2D eigenvalue weighted by atomic mass is 35.5. The molecular formula is C14H21ClN2O2. The first-order valence-corrected chi connectivity index (χ1v) is 6.88. The molecule has 0 aliphatic carbocycles. The van der Waals surface area contributed by atoms with Crippen molar-refractivity contribution in [1.82, 2.24) is 0 Å². The predicted octanol–water partition coefficient (Wildman–Crippen LogP) is 4.59. The van der Waals surface area contributed by atoms with Gasteiger partial charge in [-0.15, -0.1) is 0 Å². The molecule has 0 fully saturated rings. The lowest BCUT2D eigenvalue weighted by molar-refractivity contribution is -0.384. The number of benzene rings is 1. The molecule has 1 aromatic rings. The summed E-state index contributed by atoms with van der Waals surface area (Å²) in [5.74, 6) is 1.68. The van der Waals surface area contributed by atoms with E-state index >= 15 is 0 Å². The molecular weight excluding hydrogens is 264 g/mol. The second-order valence-corrected chi connectivity index (χ2v) is 5.86. The van der Waals surface area contributed by atoms with Crippen LogP contribution in [0.4, 0.5) is 11.4 Å². The van der Waals surface area contributed by atoms with E-state index in [0.29, 0.717) is 22.8 Å². The molecule has 0 atom stereocenters. The second-order valence-electron chi connectivity index (χ2n) is 5.45. The fourth-order valence-electron chi connectivity index (χ4n) is 2.23. The molecule has 0 saturated carbocycles. The molecule has 0 aromatic heterocycles. The Balaban J connectivity index is 2.75. The Kier molecular flexibility index (Phi) is 5.60. The van der Waals surface area contributed by atoms with E-state index in [9.17, 15) is 10.1 Å². The Hall–Kier alpha value is -1.29. The SMILES string of the molecule is CC(C)C(CNc1ccc([N+](=O)[O-])cc1Cl)C(C)C. The average molecular weight is 285 g/mol. The number of nitro groups is 1. The van der Waals surface area contributed by atoms with E-state index in [1.807, 2.05) is 0 Å². The smallest absolute Gasteiger partial charge is 0.271 e. The number of nitro benzene ring substituents is 1. The largest absolute Gasteiger partial charge is 0.384 e. The van der Waals surface area contributed by atoms with Crippen molar-refractivity contribution in [3.8, 4) is 0 Å². The van der Waals surface area contributed by atoms with Crippen LogP contribution in [0.5, 0.6) is 0 Å². The maximum absolute atomic E-state index is 10.6. The van der Waals surface area contributed by atoms with Crippen molar-refractivity contribution in [3.05, 3.63) is 33.3 Å². The fraction of sp³-hybridized carbons (Fsp3) is 0.571. The van der Waals surface area contributed by atoms with Crippen LogP contribution in [-0.2, 0) is 0 Å². The summed E-state index contributed by atoms with van der Waals surface area (Å²) in [6, 6.07) is 4.51. The number of halogens is 1. The van der Waals surface area contributed by atoms with Gasteiger partial charge < -0.3 is 5.32 Å². The quantitative estimate of drug-likeness (QED) is 0.614. The van der Waals surface area contributed by atoms with Crippen LogP contribution in [0.15, 0.2) is 18.2 Å². The Labute approximate surface area is 119 Å². The first-order valence-electron chi connectivity index (χ1n) is 6.50. The molecule has 1 rings (SSSR count). The summed E-state index contributed by atoms with van der Waals surface area (Å²) in [4.78, 5) is 10.2. The number of anilines is 1. The van der Waals surface area contributed by atoms with E-state index in [2.05, 4.69) is 33.0 Å². The summed E-state index contributed by atoms with van der Waals surface area (Å²) in [5, 5.41) is 14.3. The number of rotatable bonds is 6. The predicted molar refractivity (Wildman–Crippen MR) is 79.8 cm³/mol. The van der Waals surface area contributed by atoms with Crippen LogP contribution in [0.3, 0.4) is 0 Å². The molecule has 0 amide bonds. The van der Waals surface area contributed by atoms with Gasteiger partial charge in [-0.2, -0.15) is 0 Å². The van der Waals surface area contributed by atoms with Crippen LogP contribution < -0.4 is 5.32 Å². The lowest BCUT2D eigenvalue weighted by atomic mass is 9.85. The molecule has 106 valence electrons. The van der Waals surface area contributed by atoms with Gasteiger partial charge in [-0.25, -0.2) is 0 Å². The number of hydrogen-bond donors (Lipinski definition) is 1. The Morgan fingerprint density at radius 3 is 2.26 bits per heavy atom. The number of nitrogens with one attached hydrogen (secondary N) is 1. The van der Waals surface area contributed by atoms with Gasteiger partial charge in [0.1, 0.15) is 0 Å². The molecule has 0 aliphatic rings. The van der Waals surface area contributed by atoms with Crippen molar-refractivity contribution < 1.29 is 4.92 Å². The van der Waals surface area contributed by atoms with Crippen LogP contribution in [0.25, 0.3) is 0 Å². The Morgan fingerprint density at radius 2 is 1.84 bits per heavy atom. The molecule has 0 heterocycles. The molecule has 0 bridgehead atoms. The fourth-order valence-corrected chi connectivity index (χ4v) is 2.47. The minimum atomic E-state index is -0.444. The molecule has 19 heavy (non-hydrogen) atoms. The van der Waals surface area contributed by atoms with Crippen molar-refractivity contribution in [1.29, 1.82) is 0 Å². The molecule has 0 spiro atoms. The van der Waals surface area contributed by atoms with Gasteiger partial charge >= 0.3 is 0 Å². The third-order valence-electron chi connectivity index (χ3n) is 3.40. The lowest BCUT2D eigenvalue weighted by Gasteiger charge is -2.25. The van der Waals surface area contributed by atoms with Gasteiger partial charge in [-0.1, -0.05) is 39.3 Å². The van der Waals surface area contributed by atoms with Crippen molar-refractivity contribution in [2.45, 2.75) is 27.7 Å². The van der Waals surface area contributed by atoms with Gasteiger partial charge in [-0.3, -0.25) is 10.1 Å². The van der Waals surface area contributed by atoms with Crippen LogP contribution >= 0.6 is 11.6 Å². The van der Waals surface area contributed by atoms with Gasteiger partial charge in [0.05, 0.1) is 15.6 Å². The minimum Gasteiger partial charge on any atom is -0.384 e. The van der Waals surface area contributed by atoms with Gasteiger partial charge in [0.2, 0.25) is 0 Å². The monoisotopic (exact) mass is 284 g/mol. The van der Waals surface area contributed by atoms with E-state index in [4.69, 9.17) is 11.6 Å². The highest BCUT2D eigenvalue weighted by Crippen LogP contribution is 2.28. The van der Waals surface area contributed by atoms with E-state index in [-0.39, 0.29) is 5.69 Å². The summed E-state index contributed by atoms with van der Waals surface area (Å²) >= 11 is 6.05. The molecule has 1 aromatic carbocycles. The zero-order valence-corrected chi connectivity index (χ0v) is 12.6. The Bertz CT molecular complexity index is 439. The van der Waals surface area contributed by atoms with Gasteiger partial charge in [0.25, 0.3) is 5.69 Å². The Morgan fingerprint density at radius 1 is 1.26 bits per heavy atom. The number of non-ortho nitro benzene ring substituents is 1. The average Bonchev–Trinajstić information content (AvgIpc) is 2.29. The first-order chi connectivity index (χ1) is 8.82. The number of nitrogens with zero attached hydrogens (tertiary/aromatic N) is 1. The summed E-state index contributed by atoms with van der Waals surface area (Å²) in [7, 11) is 0. The van der Waals surface area contributed by atoms with Gasteiger partial charge in [-0.05, 0) is 23.8 Å². The summed E-state index contributed by atoms with van der Waals surface area (Å²) < 4.78 is 0. The second kappa shape index (κ2) is 6.75. The van der Waals surface area contributed by atoms with Crippen LogP contribution in [0.2, 0.25) is 5.02 Å². The normalized spacial score (nSPS) is 11.4. The lowest BCUT2D eigenvalue weighted by Crippen LogP contribution is -2.24.